The highest BCUT2D eigenvalue weighted by atomic mass is 79.9. The molecule has 8 heteroatoms. The number of anilines is 2. The van der Waals surface area contributed by atoms with Crippen LogP contribution in [0.5, 0.6) is 5.75 Å². The first-order chi connectivity index (χ1) is 9.62. The van der Waals surface area contributed by atoms with Crippen molar-refractivity contribution in [2.45, 2.75) is 0 Å². The Kier molecular flexibility index (Phi) is 4.49. The topological polar surface area (TPSA) is 102 Å². The third-order valence-electron chi connectivity index (χ3n) is 2.41. The molecule has 1 aromatic heterocycles. The minimum absolute atomic E-state index is 0.183. The Balaban J connectivity index is 2.16. The number of ether oxygens (including phenoxy) is 1. The SMILES string of the molecule is COc1cc(Br)cc(NC(=O)c2ccc(NN)nn2)c1. The van der Waals surface area contributed by atoms with Crippen LogP contribution in [0, 0.1) is 0 Å². The van der Waals surface area contributed by atoms with Crippen LogP contribution in [0.15, 0.2) is 34.8 Å². The Bertz CT molecular complexity index is 618. The molecule has 1 amide bonds. The third kappa shape index (κ3) is 3.43. The lowest BCUT2D eigenvalue weighted by Gasteiger charge is -2.07. The van der Waals surface area contributed by atoms with Gasteiger partial charge in [0.05, 0.1) is 7.11 Å². The lowest BCUT2D eigenvalue weighted by Crippen LogP contribution is -2.16. The molecule has 2 aromatic rings. The van der Waals surface area contributed by atoms with Gasteiger partial charge < -0.3 is 15.5 Å². The Morgan fingerprint density at radius 3 is 2.70 bits per heavy atom. The summed E-state index contributed by atoms with van der Waals surface area (Å²) in [4.78, 5) is 12.0. The maximum atomic E-state index is 12.0. The van der Waals surface area contributed by atoms with Gasteiger partial charge in [0.2, 0.25) is 0 Å². The fourth-order valence-corrected chi connectivity index (χ4v) is 1.95. The molecule has 4 N–H and O–H groups in total. The summed E-state index contributed by atoms with van der Waals surface area (Å²) in [6.45, 7) is 0. The molecule has 0 fully saturated rings. The van der Waals surface area contributed by atoms with Gasteiger partial charge in [-0.15, -0.1) is 10.2 Å². The number of nitrogens with two attached hydrogens (primary N) is 1. The van der Waals surface area contributed by atoms with Crippen molar-refractivity contribution < 1.29 is 9.53 Å². The summed E-state index contributed by atoms with van der Waals surface area (Å²) < 4.78 is 5.91. The van der Waals surface area contributed by atoms with Gasteiger partial charge in [0.25, 0.3) is 5.91 Å². The standard InChI is InChI=1S/C12H12BrN5O2/c1-20-9-5-7(13)4-8(6-9)15-12(19)10-2-3-11(16-14)18-17-10/h2-6H,14H2,1H3,(H,15,19)(H,16,18). The zero-order chi connectivity index (χ0) is 14.5. The molecule has 0 radical (unpaired) electrons. The Morgan fingerprint density at radius 2 is 2.10 bits per heavy atom. The number of methoxy groups -OCH3 is 1. The number of halogens is 1. The normalized spacial score (nSPS) is 9.95. The van der Waals surface area contributed by atoms with Crippen molar-refractivity contribution in [1.82, 2.24) is 10.2 Å². The lowest BCUT2D eigenvalue weighted by molar-refractivity contribution is 0.102. The van der Waals surface area contributed by atoms with E-state index in [1.165, 1.54) is 6.07 Å². The van der Waals surface area contributed by atoms with Crippen LogP contribution in [0.2, 0.25) is 0 Å². The van der Waals surface area contributed by atoms with Crippen molar-refractivity contribution in [2.75, 3.05) is 17.9 Å². The number of carbonyl (C=O) groups is 1. The van der Waals surface area contributed by atoms with E-state index >= 15 is 0 Å². The van der Waals surface area contributed by atoms with E-state index in [0.717, 1.165) is 4.47 Å². The van der Waals surface area contributed by atoms with Crippen LogP contribution in [-0.2, 0) is 0 Å². The fraction of sp³-hybridized carbons (Fsp3) is 0.0833. The van der Waals surface area contributed by atoms with Crippen LogP contribution >= 0.6 is 15.9 Å². The molecule has 104 valence electrons. The van der Waals surface area contributed by atoms with Gasteiger partial charge in [0.1, 0.15) is 5.75 Å². The number of nitrogens with one attached hydrogen (secondary N) is 2. The maximum Gasteiger partial charge on any atom is 0.276 e. The lowest BCUT2D eigenvalue weighted by atomic mass is 10.3. The number of nitrogens with zero attached hydrogens (tertiary/aromatic N) is 2. The van der Waals surface area contributed by atoms with Gasteiger partial charge in [-0.3, -0.25) is 4.79 Å². The first-order valence-electron chi connectivity index (χ1n) is 5.58. The second-order valence-electron chi connectivity index (χ2n) is 3.78. The van der Waals surface area contributed by atoms with E-state index in [0.29, 0.717) is 17.3 Å². The summed E-state index contributed by atoms with van der Waals surface area (Å²) in [5.74, 6) is 5.81. The van der Waals surface area contributed by atoms with Gasteiger partial charge in [-0.2, -0.15) is 0 Å². The van der Waals surface area contributed by atoms with Crippen LogP contribution in [0.4, 0.5) is 11.5 Å². The summed E-state index contributed by atoms with van der Waals surface area (Å²) in [6.07, 6.45) is 0. The number of rotatable bonds is 4. The first-order valence-corrected chi connectivity index (χ1v) is 6.38. The molecule has 0 aliphatic carbocycles. The van der Waals surface area contributed by atoms with E-state index in [1.54, 1.807) is 31.4 Å². The van der Waals surface area contributed by atoms with Crippen LogP contribution in [-0.4, -0.2) is 23.2 Å². The monoisotopic (exact) mass is 337 g/mol. The molecule has 0 unspecified atom stereocenters. The second kappa shape index (κ2) is 6.31. The summed E-state index contributed by atoms with van der Waals surface area (Å²) in [7, 11) is 1.55. The van der Waals surface area contributed by atoms with Gasteiger partial charge in [-0.25, -0.2) is 5.84 Å². The van der Waals surface area contributed by atoms with Crippen molar-refractivity contribution in [3.05, 3.63) is 40.5 Å². The van der Waals surface area contributed by atoms with E-state index in [1.807, 2.05) is 0 Å². The molecule has 1 heterocycles. The number of aromatic nitrogens is 2. The average molecular weight is 338 g/mol. The number of hydrogen-bond acceptors (Lipinski definition) is 6. The van der Waals surface area contributed by atoms with E-state index < -0.39 is 0 Å². The summed E-state index contributed by atoms with van der Waals surface area (Å²) in [5.41, 5.74) is 3.11. The van der Waals surface area contributed by atoms with Crippen LogP contribution < -0.4 is 21.3 Å². The van der Waals surface area contributed by atoms with Crippen molar-refractivity contribution in [2.24, 2.45) is 5.84 Å². The molecule has 0 bridgehead atoms. The largest absolute Gasteiger partial charge is 0.497 e. The highest BCUT2D eigenvalue weighted by Crippen LogP contribution is 2.24. The predicted molar refractivity (Wildman–Crippen MR) is 78.5 cm³/mol. The molecule has 0 saturated carbocycles. The number of amides is 1. The molecular weight excluding hydrogens is 326 g/mol. The minimum Gasteiger partial charge on any atom is -0.497 e. The van der Waals surface area contributed by atoms with Crippen molar-refractivity contribution in [3.63, 3.8) is 0 Å². The van der Waals surface area contributed by atoms with Crippen molar-refractivity contribution in [3.8, 4) is 5.75 Å². The van der Waals surface area contributed by atoms with Crippen molar-refractivity contribution >= 4 is 33.3 Å². The average Bonchev–Trinajstić information content (AvgIpc) is 2.46. The zero-order valence-corrected chi connectivity index (χ0v) is 12.1. The van der Waals surface area contributed by atoms with Crippen LogP contribution in [0.3, 0.4) is 0 Å². The first kappa shape index (κ1) is 14.2. The number of benzene rings is 1. The number of hydrogen-bond donors (Lipinski definition) is 3. The predicted octanol–water partition coefficient (Wildman–Crippen LogP) is 1.79. The molecule has 7 nitrogen and oxygen atoms in total. The molecule has 0 aliphatic rings. The molecular formula is C12H12BrN5O2. The third-order valence-corrected chi connectivity index (χ3v) is 2.87. The Morgan fingerprint density at radius 1 is 1.30 bits per heavy atom. The Hall–Kier alpha value is -2.19. The van der Waals surface area contributed by atoms with Crippen molar-refractivity contribution in [1.29, 1.82) is 0 Å². The molecule has 0 atom stereocenters. The smallest absolute Gasteiger partial charge is 0.276 e. The summed E-state index contributed by atoms with van der Waals surface area (Å²) in [5, 5.41) is 10.2. The number of hydrazine groups is 1. The zero-order valence-electron chi connectivity index (χ0n) is 10.6. The molecule has 1 aromatic carbocycles. The Labute approximate surface area is 123 Å². The van der Waals surface area contributed by atoms with Gasteiger partial charge >= 0.3 is 0 Å². The number of nitrogen functional groups attached to an aromatic ring is 1. The second-order valence-corrected chi connectivity index (χ2v) is 4.70. The molecule has 0 aliphatic heterocycles. The molecule has 0 spiro atoms. The highest BCUT2D eigenvalue weighted by Gasteiger charge is 2.09. The summed E-state index contributed by atoms with van der Waals surface area (Å²) >= 11 is 3.34. The quantitative estimate of drug-likeness (QED) is 0.580. The van der Waals surface area contributed by atoms with Gasteiger partial charge in [0, 0.05) is 16.2 Å². The van der Waals surface area contributed by atoms with E-state index in [4.69, 9.17) is 10.6 Å². The van der Waals surface area contributed by atoms with E-state index in [9.17, 15) is 4.79 Å². The highest BCUT2D eigenvalue weighted by molar-refractivity contribution is 9.10. The van der Waals surface area contributed by atoms with Gasteiger partial charge in [-0.05, 0) is 24.3 Å². The molecule has 2 rings (SSSR count). The summed E-state index contributed by atoms with van der Waals surface area (Å²) in [6, 6.07) is 8.32. The van der Waals surface area contributed by atoms with Crippen LogP contribution in [0.1, 0.15) is 10.5 Å². The minimum atomic E-state index is -0.374. The van der Waals surface area contributed by atoms with Crippen LogP contribution in [0.25, 0.3) is 0 Å². The van der Waals surface area contributed by atoms with E-state index in [-0.39, 0.29) is 11.6 Å². The molecule has 20 heavy (non-hydrogen) atoms. The number of carbonyl (C=O) groups excluding carboxylic acids is 1. The van der Waals surface area contributed by atoms with Gasteiger partial charge in [-0.1, -0.05) is 15.9 Å². The van der Waals surface area contributed by atoms with Gasteiger partial charge in [0.15, 0.2) is 11.5 Å². The maximum absolute atomic E-state index is 12.0. The van der Waals surface area contributed by atoms with E-state index in [2.05, 4.69) is 36.9 Å². The fourth-order valence-electron chi connectivity index (χ4n) is 1.48. The molecule has 0 saturated heterocycles.